The van der Waals surface area contributed by atoms with E-state index >= 15 is 0 Å². The number of hydrogen-bond acceptors (Lipinski definition) is 6. The number of methoxy groups -OCH3 is 1. The number of hydrogen-bond donors (Lipinski definition) is 2. The fourth-order valence-corrected chi connectivity index (χ4v) is 1.88. The Hall–Kier alpha value is -3.02. The van der Waals surface area contributed by atoms with Crippen LogP contribution >= 0.6 is 0 Å². The fourth-order valence-electron chi connectivity index (χ4n) is 1.88. The van der Waals surface area contributed by atoms with Crippen molar-refractivity contribution in [1.29, 1.82) is 0 Å². The molecule has 0 saturated heterocycles. The van der Waals surface area contributed by atoms with Crippen LogP contribution in [0.15, 0.2) is 47.0 Å². The van der Waals surface area contributed by atoms with E-state index in [1.165, 1.54) is 13.2 Å². The van der Waals surface area contributed by atoms with Gasteiger partial charge in [0.15, 0.2) is 11.5 Å². The molecule has 0 unspecified atom stereocenters. The maximum Gasteiger partial charge on any atom is 0.258 e. The normalized spacial score (nSPS) is 10.5. The zero-order valence-corrected chi connectivity index (χ0v) is 11.1. The predicted molar refractivity (Wildman–Crippen MR) is 75.1 cm³/mol. The molecule has 21 heavy (non-hydrogen) atoms. The first-order valence-electron chi connectivity index (χ1n) is 6.18. The smallest absolute Gasteiger partial charge is 0.258 e. The third-order valence-corrected chi connectivity index (χ3v) is 2.98. The van der Waals surface area contributed by atoms with Gasteiger partial charge in [-0.05, 0) is 42.5 Å². The van der Waals surface area contributed by atoms with Gasteiger partial charge in [0.2, 0.25) is 5.82 Å². The highest BCUT2D eigenvalue weighted by molar-refractivity contribution is 5.63. The van der Waals surface area contributed by atoms with Crippen molar-refractivity contribution in [2.45, 2.75) is 0 Å². The monoisotopic (exact) mass is 284 g/mol. The van der Waals surface area contributed by atoms with Crippen LogP contribution in [-0.4, -0.2) is 27.5 Å². The molecule has 3 rings (SSSR count). The summed E-state index contributed by atoms with van der Waals surface area (Å²) in [5.74, 6) is 1.28. The molecular formula is C15H12N2O4. The van der Waals surface area contributed by atoms with Gasteiger partial charge in [-0.2, -0.15) is 4.98 Å². The molecule has 0 aliphatic heterocycles. The zero-order valence-electron chi connectivity index (χ0n) is 11.1. The summed E-state index contributed by atoms with van der Waals surface area (Å²) in [6.07, 6.45) is 0. The molecule has 2 N–H and O–H groups in total. The summed E-state index contributed by atoms with van der Waals surface area (Å²) < 4.78 is 10.3. The van der Waals surface area contributed by atoms with E-state index in [-0.39, 0.29) is 11.5 Å². The van der Waals surface area contributed by atoms with Crippen molar-refractivity contribution in [2.75, 3.05) is 7.11 Å². The summed E-state index contributed by atoms with van der Waals surface area (Å²) in [7, 11) is 1.47. The molecule has 0 aliphatic carbocycles. The lowest BCUT2D eigenvalue weighted by Crippen LogP contribution is -1.86. The van der Waals surface area contributed by atoms with Gasteiger partial charge in [-0.15, -0.1) is 0 Å². The number of nitrogens with zero attached hydrogens (tertiary/aromatic N) is 2. The highest BCUT2D eigenvalue weighted by Gasteiger charge is 2.12. The van der Waals surface area contributed by atoms with Crippen LogP contribution in [0.3, 0.4) is 0 Å². The lowest BCUT2D eigenvalue weighted by atomic mass is 10.2. The van der Waals surface area contributed by atoms with Gasteiger partial charge in [0.25, 0.3) is 5.89 Å². The van der Waals surface area contributed by atoms with Gasteiger partial charge in [-0.25, -0.2) is 0 Å². The molecule has 0 atom stereocenters. The first kappa shape index (κ1) is 13.0. The minimum Gasteiger partial charge on any atom is -0.508 e. The summed E-state index contributed by atoms with van der Waals surface area (Å²) in [6.45, 7) is 0. The Morgan fingerprint density at radius 1 is 1.00 bits per heavy atom. The average Bonchev–Trinajstić information content (AvgIpc) is 2.98. The van der Waals surface area contributed by atoms with E-state index in [2.05, 4.69) is 10.1 Å². The van der Waals surface area contributed by atoms with Crippen LogP contribution in [0.2, 0.25) is 0 Å². The van der Waals surface area contributed by atoms with Crippen molar-refractivity contribution >= 4 is 0 Å². The summed E-state index contributed by atoms with van der Waals surface area (Å²) in [6, 6.07) is 11.3. The van der Waals surface area contributed by atoms with Crippen LogP contribution in [0.1, 0.15) is 0 Å². The molecule has 0 fully saturated rings. The number of benzene rings is 2. The van der Waals surface area contributed by atoms with Gasteiger partial charge in [-0.3, -0.25) is 0 Å². The zero-order chi connectivity index (χ0) is 14.8. The van der Waals surface area contributed by atoms with Gasteiger partial charge in [0.1, 0.15) is 5.75 Å². The van der Waals surface area contributed by atoms with Crippen molar-refractivity contribution in [2.24, 2.45) is 0 Å². The van der Waals surface area contributed by atoms with Crippen molar-refractivity contribution in [3.63, 3.8) is 0 Å². The maximum absolute atomic E-state index is 9.58. The molecule has 1 aromatic heterocycles. The minimum atomic E-state index is 0.0449. The molecule has 106 valence electrons. The summed E-state index contributed by atoms with van der Waals surface area (Å²) in [5, 5.41) is 22.7. The Kier molecular flexibility index (Phi) is 3.19. The van der Waals surface area contributed by atoms with Crippen LogP contribution in [0.4, 0.5) is 0 Å². The standard InChI is InChI=1S/C15H12N2O4/c1-20-13-8-10(4-7-12(13)19)14-16-15(21-17-14)9-2-5-11(18)6-3-9/h2-8,18-19H,1H3. The minimum absolute atomic E-state index is 0.0449. The maximum atomic E-state index is 9.58. The van der Waals surface area contributed by atoms with E-state index in [9.17, 15) is 10.2 Å². The second kappa shape index (κ2) is 5.16. The van der Waals surface area contributed by atoms with Gasteiger partial charge >= 0.3 is 0 Å². The number of phenols is 2. The molecule has 0 amide bonds. The van der Waals surface area contributed by atoms with Crippen molar-refractivity contribution in [3.8, 4) is 40.1 Å². The largest absolute Gasteiger partial charge is 0.508 e. The molecule has 0 aliphatic rings. The van der Waals surface area contributed by atoms with E-state index in [4.69, 9.17) is 9.26 Å². The second-order valence-electron chi connectivity index (χ2n) is 4.36. The van der Waals surface area contributed by atoms with Gasteiger partial charge in [0, 0.05) is 11.1 Å². The lowest BCUT2D eigenvalue weighted by Gasteiger charge is -2.03. The molecule has 0 bridgehead atoms. The molecule has 2 aromatic carbocycles. The van der Waals surface area contributed by atoms with Crippen LogP contribution in [0, 0.1) is 0 Å². The molecule has 1 heterocycles. The van der Waals surface area contributed by atoms with Crippen LogP contribution in [0.5, 0.6) is 17.2 Å². The molecule has 6 heteroatoms. The lowest BCUT2D eigenvalue weighted by molar-refractivity contribution is 0.373. The molecule has 6 nitrogen and oxygen atoms in total. The molecular weight excluding hydrogens is 272 g/mol. The Morgan fingerprint density at radius 3 is 2.43 bits per heavy atom. The van der Waals surface area contributed by atoms with Gasteiger partial charge < -0.3 is 19.5 Å². The highest BCUT2D eigenvalue weighted by atomic mass is 16.5. The Bertz CT molecular complexity index is 766. The van der Waals surface area contributed by atoms with E-state index in [0.29, 0.717) is 28.6 Å². The first-order valence-corrected chi connectivity index (χ1v) is 6.18. The molecule has 0 radical (unpaired) electrons. The van der Waals surface area contributed by atoms with Crippen molar-refractivity contribution in [3.05, 3.63) is 42.5 Å². The summed E-state index contributed by atoms with van der Waals surface area (Å²) in [4.78, 5) is 4.29. The summed E-state index contributed by atoms with van der Waals surface area (Å²) >= 11 is 0. The van der Waals surface area contributed by atoms with E-state index in [0.717, 1.165) is 0 Å². The third-order valence-electron chi connectivity index (χ3n) is 2.98. The number of rotatable bonds is 3. The van der Waals surface area contributed by atoms with Crippen LogP contribution in [0.25, 0.3) is 22.8 Å². The Labute approximate surface area is 120 Å². The SMILES string of the molecule is COc1cc(-c2noc(-c3ccc(O)cc3)n2)ccc1O. The first-order chi connectivity index (χ1) is 10.2. The topological polar surface area (TPSA) is 88.6 Å². The Balaban J connectivity index is 1.96. The fraction of sp³-hybridized carbons (Fsp3) is 0.0667. The van der Waals surface area contributed by atoms with Crippen molar-refractivity contribution in [1.82, 2.24) is 10.1 Å². The number of ether oxygens (including phenoxy) is 1. The van der Waals surface area contributed by atoms with E-state index in [1.807, 2.05) is 0 Å². The Morgan fingerprint density at radius 2 is 1.71 bits per heavy atom. The van der Waals surface area contributed by atoms with E-state index < -0.39 is 0 Å². The van der Waals surface area contributed by atoms with E-state index in [1.54, 1.807) is 36.4 Å². The highest BCUT2D eigenvalue weighted by Crippen LogP contribution is 2.31. The third kappa shape index (κ3) is 2.51. The van der Waals surface area contributed by atoms with Crippen LogP contribution in [-0.2, 0) is 0 Å². The van der Waals surface area contributed by atoms with Gasteiger partial charge in [-0.1, -0.05) is 5.16 Å². The summed E-state index contributed by atoms with van der Waals surface area (Å²) in [5.41, 5.74) is 1.37. The average molecular weight is 284 g/mol. The quantitative estimate of drug-likeness (QED) is 0.768. The molecule has 0 saturated carbocycles. The number of phenolic OH excluding ortho intramolecular Hbond substituents is 2. The van der Waals surface area contributed by atoms with Crippen molar-refractivity contribution < 1.29 is 19.5 Å². The second-order valence-corrected chi connectivity index (χ2v) is 4.36. The molecule has 0 spiro atoms. The van der Waals surface area contributed by atoms with Gasteiger partial charge in [0.05, 0.1) is 7.11 Å². The predicted octanol–water partition coefficient (Wildman–Crippen LogP) is 2.82. The number of aromatic hydroxyl groups is 2. The number of aromatic nitrogens is 2. The van der Waals surface area contributed by atoms with Crippen LogP contribution < -0.4 is 4.74 Å². The molecule has 3 aromatic rings.